The lowest BCUT2D eigenvalue weighted by molar-refractivity contribution is -0.120. The Morgan fingerprint density at radius 3 is 2.65 bits per heavy atom. The summed E-state index contributed by atoms with van der Waals surface area (Å²) in [5.74, 6) is 0.552. The molecule has 2 atom stereocenters. The van der Waals surface area contributed by atoms with Crippen LogP contribution in [0.2, 0.25) is 0 Å². The van der Waals surface area contributed by atoms with Crippen LogP contribution in [0.15, 0.2) is 12.2 Å². The molecule has 1 aliphatic carbocycles. The van der Waals surface area contributed by atoms with E-state index in [0.717, 1.165) is 25.8 Å². The second kappa shape index (κ2) is 10.5. The molecule has 1 N–H and O–H groups in total. The van der Waals surface area contributed by atoms with Crippen LogP contribution in [-0.2, 0) is 4.79 Å². The van der Waals surface area contributed by atoms with Crippen LogP contribution in [0.1, 0.15) is 61.2 Å². The Hall–Kier alpha value is -0.630. The first-order valence-corrected chi connectivity index (χ1v) is 7.12. The fourth-order valence-corrected chi connectivity index (χ4v) is 2.09. The summed E-state index contributed by atoms with van der Waals surface area (Å²) in [6.07, 6.45) is 10.1. The normalized spacial score (nSPS) is 20.4. The Kier molecular flexibility index (Phi) is 10.1. The van der Waals surface area contributed by atoms with Gasteiger partial charge in [0.25, 0.3) is 0 Å². The zero-order valence-electron chi connectivity index (χ0n) is 12.0. The highest BCUT2D eigenvalue weighted by Gasteiger charge is 2.15. The topological polar surface area (TPSA) is 29.1 Å². The lowest BCUT2D eigenvalue weighted by Crippen LogP contribution is -2.35. The quantitative estimate of drug-likeness (QED) is 0.713. The van der Waals surface area contributed by atoms with Crippen molar-refractivity contribution >= 4 is 5.78 Å². The maximum atomic E-state index is 11.4. The molecule has 17 heavy (non-hydrogen) atoms. The molecule has 0 spiro atoms. The maximum Gasteiger partial charge on any atom is 0.134 e. The number of Topliss-reactive ketones (excluding diaryl/α,β-unsaturated/α-hetero) is 1. The van der Waals surface area contributed by atoms with E-state index in [1.807, 2.05) is 13.8 Å². The molecule has 0 aromatic rings. The molecular weight excluding hydrogens is 210 g/mol. The van der Waals surface area contributed by atoms with Crippen LogP contribution in [0.3, 0.4) is 0 Å². The van der Waals surface area contributed by atoms with Crippen molar-refractivity contribution < 1.29 is 6.22 Å². The molecule has 0 heterocycles. The Morgan fingerprint density at radius 1 is 1.47 bits per heavy atom. The van der Waals surface area contributed by atoms with E-state index in [1.54, 1.807) is 6.92 Å². The van der Waals surface area contributed by atoms with Crippen LogP contribution in [0.4, 0.5) is 0 Å². The zero-order chi connectivity index (χ0) is 13.1. The highest BCUT2D eigenvalue weighted by atomic mass is 16.1. The van der Waals surface area contributed by atoms with Gasteiger partial charge in [0.1, 0.15) is 5.78 Å². The summed E-state index contributed by atoms with van der Waals surface area (Å²) in [6, 6.07) is 0.591. The lowest BCUT2D eigenvalue weighted by Gasteiger charge is -2.22. The van der Waals surface area contributed by atoms with Crippen LogP contribution in [0.25, 0.3) is 0 Å². The van der Waals surface area contributed by atoms with Crippen LogP contribution in [0.5, 0.6) is 0 Å². The molecule has 0 aliphatic heterocycles. The highest BCUT2D eigenvalue weighted by Crippen LogP contribution is 2.12. The summed E-state index contributed by atoms with van der Waals surface area (Å²) < 4.78 is 0. The van der Waals surface area contributed by atoms with Gasteiger partial charge in [0.15, 0.2) is 0 Å². The van der Waals surface area contributed by atoms with Gasteiger partial charge in [0.2, 0.25) is 0 Å². The number of hydrogen-bond acceptors (Lipinski definition) is 2. The number of nitrogens with one attached hydrogen (secondary N) is 1. The number of allylic oxidation sites excluding steroid dienone is 1. The summed E-state index contributed by atoms with van der Waals surface area (Å²) in [7, 11) is 0. The average molecular weight is 241 g/mol. The predicted molar refractivity (Wildman–Crippen MR) is 77.3 cm³/mol. The van der Waals surface area contributed by atoms with Crippen molar-refractivity contribution in [3.8, 4) is 0 Å². The summed E-state index contributed by atoms with van der Waals surface area (Å²) >= 11 is 0. The van der Waals surface area contributed by atoms with Crippen LogP contribution < -0.4 is 5.32 Å². The SMILES string of the molecule is CC.CCCC(CNC1CC=CCC1)C(C)=O.[HH]. The Labute approximate surface area is 108 Å². The minimum absolute atomic E-state index is 0. The third kappa shape index (κ3) is 7.32. The van der Waals surface area contributed by atoms with E-state index in [0.29, 0.717) is 11.8 Å². The van der Waals surface area contributed by atoms with Crippen molar-refractivity contribution in [1.29, 1.82) is 0 Å². The molecule has 0 saturated carbocycles. The summed E-state index contributed by atoms with van der Waals surface area (Å²) in [4.78, 5) is 11.4. The number of rotatable bonds is 6. The van der Waals surface area contributed by atoms with Crippen molar-refractivity contribution in [2.24, 2.45) is 5.92 Å². The molecular formula is C15H31NO. The minimum atomic E-state index is 0. The third-order valence-electron chi connectivity index (χ3n) is 3.13. The van der Waals surface area contributed by atoms with E-state index in [9.17, 15) is 4.79 Å². The van der Waals surface area contributed by atoms with Gasteiger partial charge in [-0.15, -0.1) is 0 Å². The molecule has 102 valence electrons. The van der Waals surface area contributed by atoms with E-state index in [1.165, 1.54) is 12.8 Å². The zero-order valence-corrected chi connectivity index (χ0v) is 12.0. The average Bonchev–Trinajstić information content (AvgIpc) is 2.38. The molecule has 2 nitrogen and oxygen atoms in total. The smallest absolute Gasteiger partial charge is 0.134 e. The van der Waals surface area contributed by atoms with Crippen molar-refractivity contribution in [1.82, 2.24) is 5.32 Å². The number of carbonyl (C=O) groups is 1. The van der Waals surface area contributed by atoms with E-state index in [4.69, 9.17) is 0 Å². The largest absolute Gasteiger partial charge is 0.313 e. The lowest BCUT2D eigenvalue weighted by atomic mass is 9.97. The molecule has 1 rings (SSSR count). The number of hydrogen-bond donors (Lipinski definition) is 1. The summed E-state index contributed by atoms with van der Waals surface area (Å²) in [5.41, 5.74) is 0. The van der Waals surface area contributed by atoms with Crippen molar-refractivity contribution in [2.75, 3.05) is 6.54 Å². The van der Waals surface area contributed by atoms with Gasteiger partial charge in [0.05, 0.1) is 0 Å². The van der Waals surface area contributed by atoms with Gasteiger partial charge in [-0.1, -0.05) is 39.3 Å². The summed E-state index contributed by atoms with van der Waals surface area (Å²) in [5, 5.41) is 3.52. The monoisotopic (exact) mass is 241 g/mol. The first kappa shape index (κ1) is 16.4. The molecule has 2 heteroatoms. The second-order valence-electron chi connectivity index (χ2n) is 4.49. The Morgan fingerprint density at radius 2 is 2.18 bits per heavy atom. The molecule has 0 bridgehead atoms. The molecule has 2 unspecified atom stereocenters. The van der Waals surface area contributed by atoms with Gasteiger partial charge >= 0.3 is 0 Å². The maximum absolute atomic E-state index is 11.4. The van der Waals surface area contributed by atoms with Crippen molar-refractivity contribution in [2.45, 2.75) is 65.8 Å². The van der Waals surface area contributed by atoms with Gasteiger partial charge in [-0.3, -0.25) is 4.79 Å². The fourth-order valence-electron chi connectivity index (χ4n) is 2.09. The number of ketones is 1. The van der Waals surface area contributed by atoms with Crippen LogP contribution in [0, 0.1) is 5.92 Å². The van der Waals surface area contributed by atoms with Gasteiger partial charge in [-0.25, -0.2) is 0 Å². The molecule has 0 radical (unpaired) electrons. The second-order valence-corrected chi connectivity index (χ2v) is 4.49. The van der Waals surface area contributed by atoms with Gasteiger partial charge in [-0.05, 0) is 32.6 Å². The molecule has 0 aromatic heterocycles. The molecule has 0 fully saturated rings. The summed E-state index contributed by atoms with van der Waals surface area (Å²) in [6.45, 7) is 8.71. The van der Waals surface area contributed by atoms with Gasteiger partial charge < -0.3 is 5.32 Å². The van der Waals surface area contributed by atoms with Crippen LogP contribution in [-0.4, -0.2) is 18.4 Å². The Balaban J connectivity index is 0. The Bertz CT molecular complexity index is 229. The molecule has 0 amide bonds. The first-order valence-electron chi connectivity index (χ1n) is 7.12. The standard InChI is InChI=1S/C13H23NO.C2H6.H2/c1-3-7-12(11(2)15)10-14-13-8-5-4-6-9-13;1-2;/h4-5,12-14H,3,6-10H2,1-2H3;1-2H3;1H. The van der Waals surface area contributed by atoms with Gasteiger partial charge in [-0.2, -0.15) is 0 Å². The van der Waals surface area contributed by atoms with E-state index in [2.05, 4.69) is 24.4 Å². The first-order chi connectivity index (χ1) is 8.24. The van der Waals surface area contributed by atoms with E-state index >= 15 is 0 Å². The highest BCUT2D eigenvalue weighted by molar-refractivity contribution is 5.78. The minimum Gasteiger partial charge on any atom is -0.313 e. The molecule has 0 aromatic carbocycles. The van der Waals surface area contributed by atoms with E-state index < -0.39 is 0 Å². The van der Waals surface area contributed by atoms with Crippen LogP contribution >= 0.6 is 0 Å². The van der Waals surface area contributed by atoms with Gasteiger partial charge in [0, 0.05) is 19.9 Å². The van der Waals surface area contributed by atoms with Crippen molar-refractivity contribution in [3.63, 3.8) is 0 Å². The molecule has 0 saturated heterocycles. The number of carbonyl (C=O) groups excluding carboxylic acids is 1. The molecule has 1 aliphatic rings. The predicted octanol–water partition coefficient (Wildman–Crippen LogP) is 3.96. The fraction of sp³-hybridized carbons (Fsp3) is 0.800. The van der Waals surface area contributed by atoms with Crippen molar-refractivity contribution in [3.05, 3.63) is 12.2 Å². The van der Waals surface area contributed by atoms with E-state index in [-0.39, 0.29) is 7.34 Å². The third-order valence-corrected chi connectivity index (χ3v) is 3.13.